The SMILES string of the molecule is Cc1ccc(-n2c(=O)c3cccnc3n2CC(=O)Nc2cccc(C)c2Cl)cc1C. The molecule has 1 amide bonds. The normalized spacial score (nSPS) is 11.1. The second kappa shape index (κ2) is 7.80. The third-order valence-electron chi connectivity index (χ3n) is 5.19. The first-order chi connectivity index (χ1) is 14.4. The Hall–Kier alpha value is -3.38. The summed E-state index contributed by atoms with van der Waals surface area (Å²) in [5.74, 6) is -0.303. The molecule has 4 aromatic rings. The summed E-state index contributed by atoms with van der Waals surface area (Å²) in [5, 5.41) is 3.79. The van der Waals surface area contributed by atoms with Crippen LogP contribution in [-0.4, -0.2) is 20.3 Å². The van der Waals surface area contributed by atoms with Crippen LogP contribution in [-0.2, 0) is 11.3 Å². The Labute approximate surface area is 178 Å². The number of halogens is 1. The molecule has 0 unspecified atom stereocenters. The van der Waals surface area contributed by atoms with Crippen LogP contribution in [0.3, 0.4) is 0 Å². The van der Waals surface area contributed by atoms with Crippen molar-refractivity contribution >= 4 is 34.2 Å². The zero-order chi connectivity index (χ0) is 21.4. The lowest BCUT2D eigenvalue weighted by atomic mass is 10.1. The Bertz CT molecular complexity index is 1340. The number of nitrogens with one attached hydrogen (secondary N) is 1. The molecule has 0 atom stereocenters. The Morgan fingerprint density at radius 3 is 2.60 bits per heavy atom. The van der Waals surface area contributed by atoms with E-state index in [1.54, 1.807) is 29.1 Å². The molecular formula is C23H21ClN4O2. The van der Waals surface area contributed by atoms with Crippen LogP contribution in [0.1, 0.15) is 16.7 Å². The van der Waals surface area contributed by atoms with Gasteiger partial charge in [-0.05, 0) is 67.8 Å². The van der Waals surface area contributed by atoms with Crippen LogP contribution in [0, 0.1) is 20.8 Å². The number of carbonyl (C=O) groups excluding carboxylic acids is 1. The average molecular weight is 421 g/mol. The lowest BCUT2D eigenvalue weighted by Gasteiger charge is -2.14. The summed E-state index contributed by atoms with van der Waals surface area (Å²) in [6.45, 7) is 5.78. The van der Waals surface area contributed by atoms with E-state index in [1.165, 1.54) is 4.68 Å². The molecule has 6 nitrogen and oxygen atoms in total. The number of benzene rings is 2. The molecule has 2 aromatic heterocycles. The number of fused-ring (bicyclic) bond motifs is 1. The van der Waals surface area contributed by atoms with Gasteiger partial charge in [0.2, 0.25) is 5.91 Å². The number of carbonyl (C=O) groups is 1. The number of hydrogen-bond donors (Lipinski definition) is 1. The average Bonchev–Trinajstić information content (AvgIpc) is 3.00. The van der Waals surface area contributed by atoms with E-state index in [4.69, 9.17) is 11.6 Å². The molecule has 2 aromatic carbocycles. The molecule has 0 bridgehead atoms. The number of hydrogen-bond acceptors (Lipinski definition) is 3. The van der Waals surface area contributed by atoms with Crippen LogP contribution in [0.5, 0.6) is 0 Å². The van der Waals surface area contributed by atoms with Gasteiger partial charge >= 0.3 is 0 Å². The Morgan fingerprint density at radius 1 is 1.03 bits per heavy atom. The van der Waals surface area contributed by atoms with Crippen molar-refractivity contribution in [2.45, 2.75) is 27.3 Å². The largest absolute Gasteiger partial charge is 0.323 e. The standard InChI is InChI=1S/C23H21ClN4O2/c1-14-9-10-17(12-16(14)3)28-23(30)18-7-5-11-25-22(18)27(28)13-20(29)26-19-8-4-6-15(2)21(19)24/h4-12H,13H2,1-3H3,(H,26,29). The van der Waals surface area contributed by atoms with Crippen LogP contribution in [0.15, 0.2) is 59.5 Å². The Kier molecular flexibility index (Phi) is 5.18. The highest BCUT2D eigenvalue weighted by Crippen LogP contribution is 2.25. The van der Waals surface area contributed by atoms with Gasteiger partial charge < -0.3 is 5.32 Å². The molecule has 0 saturated carbocycles. The molecule has 30 heavy (non-hydrogen) atoms. The van der Waals surface area contributed by atoms with E-state index < -0.39 is 0 Å². The van der Waals surface area contributed by atoms with Crippen molar-refractivity contribution in [1.82, 2.24) is 14.3 Å². The van der Waals surface area contributed by atoms with Crippen molar-refractivity contribution in [3.63, 3.8) is 0 Å². The van der Waals surface area contributed by atoms with Gasteiger partial charge in [-0.25, -0.2) is 9.67 Å². The van der Waals surface area contributed by atoms with Gasteiger partial charge in [0.1, 0.15) is 6.54 Å². The zero-order valence-electron chi connectivity index (χ0n) is 16.9. The van der Waals surface area contributed by atoms with Gasteiger partial charge in [0, 0.05) is 6.20 Å². The van der Waals surface area contributed by atoms with Gasteiger partial charge in [-0.2, -0.15) is 0 Å². The van der Waals surface area contributed by atoms with Crippen molar-refractivity contribution < 1.29 is 4.79 Å². The van der Waals surface area contributed by atoms with E-state index in [1.807, 2.05) is 51.1 Å². The molecule has 4 rings (SSSR count). The van der Waals surface area contributed by atoms with Crippen molar-refractivity contribution in [2.24, 2.45) is 0 Å². The number of aromatic nitrogens is 3. The zero-order valence-corrected chi connectivity index (χ0v) is 17.7. The van der Waals surface area contributed by atoms with Crippen LogP contribution < -0.4 is 10.9 Å². The predicted octanol–water partition coefficient (Wildman–Crippen LogP) is 4.40. The molecule has 2 heterocycles. The van der Waals surface area contributed by atoms with Crippen molar-refractivity contribution in [1.29, 1.82) is 0 Å². The number of nitrogens with zero attached hydrogens (tertiary/aromatic N) is 3. The smallest absolute Gasteiger partial charge is 0.280 e. The minimum absolute atomic E-state index is 0.0903. The van der Waals surface area contributed by atoms with Crippen LogP contribution >= 0.6 is 11.6 Å². The molecule has 152 valence electrons. The van der Waals surface area contributed by atoms with Crippen molar-refractivity contribution in [3.05, 3.63) is 86.8 Å². The summed E-state index contributed by atoms with van der Waals surface area (Å²) in [6, 6.07) is 14.6. The van der Waals surface area contributed by atoms with Gasteiger partial charge in [-0.3, -0.25) is 14.3 Å². The number of amides is 1. The van der Waals surface area contributed by atoms with Crippen molar-refractivity contribution in [3.8, 4) is 5.69 Å². The number of anilines is 1. The first-order valence-corrected chi connectivity index (χ1v) is 9.93. The first-order valence-electron chi connectivity index (χ1n) is 9.56. The summed E-state index contributed by atoms with van der Waals surface area (Å²) < 4.78 is 3.10. The number of pyridine rings is 1. The third-order valence-corrected chi connectivity index (χ3v) is 5.69. The fourth-order valence-corrected chi connectivity index (χ4v) is 3.59. The molecule has 0 aliphatic carbocycles. The second-order valence-electron chi connectivity index (χ2n) is 7.30. The predicted molar refractivity (Wildman–Crippen MR) is 120 cm³/mol. The highest BCUT2D eigenvalue weighted by atomic mass is 35.5. The van der Waals surface area contributed by atoms with E-state index in [0.29, 0.717) is 27.4 Å². The van der Waals surface area contributed by atoms with E-state index in [2.05, 4.69) is 10.3 Å². The quantitative estimate of drug-likeness (QED) is 0.531. The fourth-order valence-electron chi connectivity index (χ4n) is 3.42. The monoisotopic (exact) mass is 420 g/mol. The van der Waals surface area contributed by atoms with Crippen molar-refractivity contribution in [2.75, 3.05) is 5.32 Å². The maximum Gasteiger partial charge on any atom is 0.280 e. The molecule has 0 radical (unpaired) electrons. The lowest BCUT2D eigenvalue weighted by Crippen LogP contribution is -2.27. The molecule has 1 N–H and O–H groups in total. The van der Waals surface area contributed by atoms with Crippen LogP contribution in [0.2, 0.25) is 5.02 Å². The summed E-state index contributed by atoms with van der Waals surface area (Å²) >= 11 is 6.31. The number of aryl methyl sites for hydroxylation is 3. The van der Waals surface area contributed by atoms with Crippen LogP contribution in [0.4, 0.5) is 5.69 Å². The van der Waals surface area contributed by atoms with Gasteiger partial charge in [0.15, 0.2) is 5.65 Å². The maximum atomic E-state index is 13.1. The minimum atomic E-state index is -0.303. The van der Waals surface area contributed by atoms with Gasteiger partial charge in [0.05, 0.1) is 21.8 Å². The maximum absolute atomic E-state index is 13.1. The van der Waals surface area contributed by atoms with Gasteiger partial charge in [0.25, 0.3) is 5.56 Å². The van der Waals surface area contributed by atoms with E-state index >= 15 is 0 Å². The van der Waals surface area contributed by atoms with Gasteiger partial charge in [-0.15, -0.1) is 0 Å². The van der Waals surface area contributed by atoms with E-state index in [9.17, 15) is 9.59 Å². The molecule has 0 aliphatic heterocycles. The topological polar surface area (TPSA) is 68.9 Å². The molecule has 0 fully saturated rings. The molecule has 0 aliphatic rings. The minimum Gasteiger partial charge on any atom is -0.323 e. The highest BCUT2D eigenvalue weighted by molar-refractivity contribution is 6.34. The molecular weight excluding hydrogens is 400 g/mol. The molecule has 0 saturated heterocycles. The molecule has 0 spiro atoms. The van der Waals surface area contributed by atoms with Crippen LogP contribution in [0.25, 0.3) is 16.7 Å². The first kappa shape index (κ1) is 19.9. The second-order valence-corrected chi connectivity index (χ2v) is 7.68. The number of rotatable bonds is 4. The van der Waals surface area contributed by atoms with E-state index in [-0.39, 0.29) is 18.0 Å². The summed E-state index contributed by atoms with van der Waals surface area (Å²) in [4.78, 5) is 30.4. The fraction of sp³-hybridized carbons (Fsp3) is 0.174. The third kappa shape index (κ3) is 3.50. The lowest BCUT2D eigenvalue weighted by molar-refractivity contribution is -0.116. The summed E-state index contributed by atoms with van der Waals surface area (Å²) in [5.41, 5.74) is 4.50. The Morgan fingerprint density at radius 2 is 1.83 bits per heavy atom. The van der Waals surface area contributed by atoms with E-state index in [0.717, 1.165) is 16.7 Å². The summed E-state index contributed by atoms with van der Waals surface area (Å²) in [6.07, 6.45) is 1.61. The highest BCUT2D eigenvalue weighted by Gasteiger charge is 2.18. The Balaban J connectivity index is 1.79. The summed E-state index contributed by atoms with van der Waals surface area (Å²) in [7, 11) is 0. The molecule has 7 heteroatoms. The van der Waals surface area contributed by atoms with Gasteiger partial charge in [-0.1, -0.05) is 29.8 Å².